The molecule has 7 aromatic rings. The summed E-state index contributed by atoms with van der Waals surface area (Å²) in [5.41, 5.74) is 13.2. The van der Waals surface area contributed by atoms with E-state index in [1.54, 1.807) is 52.3 Å². The minimum atomic E-state index is -1.72. The highest BCUT2D eigenvalue weighted by Gasteiger charge is 2.51. The number of piperazine rings is 2. The molecule has 10 aliphatic rings. The van der Waals surface area contributed by atoms with Crippen molar-refractivity contribution in [3.05, 3.63) is 245 Å². The van der Waals surface area contributed by atoms with Crippen LogP contribution in [0.3, 0.4) is 0 Å². The zero-order chi connectivity index (χ0) is 100. The number of likely N-dealkylation sites (tertiary alicyclic amines) is 3. The van der Waals surface area contributed by atoms with Gasteiger partial charge in [0.25, 0.3) is 11.8 Å². The molecule has 10 heterocycles. The number of carboxylic acids is 1. The average Bonchev–Trinajstić information content (AvgIpc) is 0.805. The number of piperidine rings is 3. The molecule has 0 spiro atoms. The maximum atomic E-state index is 13.4. The monoisotopic (exact) mass is 2140 g/mol. The highest BCUT2D eigenvalue weighted by Crippen LogP contribution is 2.38. The molecule has 15 atom stereocenters. The number of halogens is 11. The SMILES string of the molecule is C.CN(C)[C@H]1COC[C@@H]2[C@@H]1CC(=O)C(=O)N2Cc1ccccc1.CN(C)[C@H]1COC[C@@H]2[C@@H]1CCCN2Cc1ccccc1.CN(C)[C@H]1COC[C@@H]2[C@@H]1N(C(=O)Cc1ccc(Cl)c(Cl)c1)CCN2Cc1ccccc1.CN(C)[C@H]1COC[C@H]2NCCN(C(=O)Cc3ccc(Cl)c(Cl)c3)[C@@H]21.CO.Cl.N[C@H]1COC[C@@H]2[C@@H]1CC(=O)C(=O)N2Cc1ccccc1.O=C(O)Cc1ccc(Cl)c(Cl)c1.[2H]CF.[Cl][Al]([Cl])[Cl]. The fourth-order valence-corrected chi connectivity index (χ4v) is 20.5. The normalized spacial score (nSPS) is 24.8. The predicted molar refractivity (Wildman–Crippen MR) is 557 cm³/mol. The lowest BCUT2D eigenvalue weighted by Crippen LogP contribution is -2.70. The van der Waals surface area contributed by atoms with E-state index in [2.05, 4.69) is 122 Å². The molecule has 0 bridgehead atoms. The van der Waals surface area contributed by atoms with E-state index in [1.165, 1.54) is 30.5 Å². The highest BCUT2D eigenvalue weighted by molar-refractivity contribution is 7.54. The van der Waals surface area contributed by atoms with Gasteiger partial charge in [-0.1, -0.05) is 217 Å². The van der Waals surface area contributed by atoms with E-state index in [1.807, 2.05) is 112 Å². The first-order chi connectivity index (χ1) is 66.1. The minimum absolute atomic E-state index is 0. The lowest BCUT2D eigenvalue weighted by molar-refractivity contribution is -0.161. The molecule has 0 saturated carbocycles. The van der Waals surface area contributed by atoms with Gasteiger partial charge in [0.2, 0.25) is 23.4 Å². The van der Waals surface area contributed by atoms with Crippen molar-refractivity contribution in [3.63, 3.8) is 0 Å². The number of ether oxygens (including phenoxy) is 5. The van der Waals surface area contributed by atoms with Crippen LogP contribution in [0.2, 0.25) is 30.1 Å². The molecule has 5 N–H and O–H groups in total. The Morgan fingerprint density at radius 3 is 1.20 bits per heavy atom. The number of amides is 4. The fraction of sp³-hybridized carbons (Fsp3) is 0.515. The minimum Gasteiger partial charge on any atom is -0.481 e. The third-order valence-corrected chi connectivity index (χ3v) is 28.6. The number of carbonyl (C=O) groups excluding carboxylic acids is 6. The molecule has 4 amide bonds. The number of aliphatic hydroxyl groups excluding tert-OH is 1. The quantitative estimate of drug-likeness (QED) is 0.0459. The van der Waals surface area contributed by atoms with Gasteiger partial charge in [0, 0.05) is 108 Å². The summed E-state index contributed by atoms with van der Waals surface area (Å²) < 4.78 is 44.3. The molecule has 10 aliphatic heterocycles. The van der Waals surface area contributed by atoms with Gasteiger partial charge in [-0.25, -0.2) is 30.1 Å². The fourth-order valence-electron chi connectivity index (χ4n) is 19.5. The molecular formula is C101H136AlCl10FN12O14. The van der Waals surface area contributed by atoms with Crippen LogP contribution in [-0.2, 0) is 103 Å². The number of benzene rings is 7. The lowest BCUT2D eigenvalue weighted by atomic mass is 9.80. The van der Waals surface area contributed by atoms with Gasteiger partial charge in [-0.3, -0.25) is 47.8 Å². The smallest absolute Gasteiger partial charge is 0.481 e. The Morgan fingerprint density at radius 2 is 0.784 bits per heavy atom. The third-order valence-electron chi connectivity index (χ3n) is 26.4. The van der Waals surface area contributed by atoms with Gasteiger partial charge in [0.05, 0.1) is 172 Å². The number of fused-ring (bicyclic) bond motifs is 5. The van der Waals surface area contributed by atoms with E-state index in [0.717, 1.165) is 74.7 Å². The first-order valence-corrected chi connectivity index (χ1v) is 53.3. The molecule has 17 rings (SSSR count). The molecular weight excluding hydrogens is 2010 g/mol. The van der Waals surface area contributed by atoms with Gasteiger partial charge in [0.1, 0.15) is 0 Å². The van der Waals surface area contributed by atoms with Crippen LogP contribution in [0.15, 0.2) is 176 Å². The molecule has 0 radical (unpaired) electrons. The van der Waals surface area contributed by atoms with E-state index in [9.17, 15) is 38.0 Å². The molecule has 0 unspecified atom stereocenters. The van der Waals surface area contributed by atoms with Crippen LogP contribution in [0.5, 0.6) is 0 Å². The topological polar surface area (TPSA) is 277 Å². The largest absolute Gasteiger partial charge is 0.643 e. The van der Waals surface area contributed by atoms with Crippen molar-refractivity contribution in [1.29, 1.82) is 0 Å². The Hall–Kier alpha value is -5.97. The van der Waals surface area contributed by atoms with E-state index < -0.39 is 30.4 Å². The molecule has 0 aromatic heterocycles. The van der Waals surface area contributed by atoms with E-state index in [-0.39, 0.29) is 134 Å². The number of nitrogens with one attached hydrogen (secondary N) is 1. The summed E-state index contributed by atoms with van der Waals surface area (Å²) in [5, 5.41) is 21.7. The predicted octanol–water partition coefficient (Wildman–Crippen LogP) is 14.3. The van der Waals surface area contributed by atoms with Crippen molar-refractivity contribution in [3.8, 4) is 0 Å². The molecule has 7 aromatic carbocycles. The molecule has 139 heavy (non-hydrogen) atoms. The third kappa shape index (κ3) is 35.1. The number of rotatable bonds is 18. The summed E-state index contributed by atoms with van der Waals surface area (Å²) in [7, 11) is 31.4. The van der Waals surface area contributed by atoms with Crippen molar-refractivity contribution in [2.24, 2.45) is 23.5 Å². The summed E-state index contributed by atoms with van der Waals surface area (Å²) in [6, 6.07) is 58.3. The molecule has 26 nitrogen and oxygen atoms in total. The number of carboxylic acid groups (broad SMARTS) is 1. The Kier molecular flexibility index (Phi) is 51.8. The molecule has 764 valence electrons. The van der Waals surface area contributed by atoms with Crippen LogP contribution < -0.4 is 11.1 Å². The van der Waals surface area contributed by atoms with Gasteiger partial charge >= 0.3 is 17.4 Å². The summed E-state index contributed by atoms with van der Waals surface area (Å²) in [5.74, 6) is -1.09. The second-order valence-corrected chi connectivity index (χ2v) is 44.9. The first-order valence-electron chi connectivity index (χ1n) is 46.5. The summed E-state index contributed by atoms with van der Waals surface area (Å²) in [4.78, 5) is 107. The van der Waals surface area contributed by atoms with E-state index >= 15 is 0 Å². The summed E-state index contributed by atoms with van der Waals surface area (Å²) in [6.45, 7) is 13.5. The van der Waals surface area contributed by atoms with Crippen LogP contribution in [0.1, 0.15) is 73.4 Å². The van der Waals surface area contributed by atoms with Crippen LogP contribution in [0.25, 0.3) is 0 Å². The number of aliphatic hydroxyl groups is 1. The highest BCUT2D eigenvalue weighted by atomic mass is 35.8. The van der Waals surface area contributed by atoms with Gasteiger partial charge in [-0.15, -0.1) is 12.4 Å². The first kappa shape index (κ1) is 118. The molecule has 38 heteroatoms. The van der Waals surface area contributed by atoms with Crippen LogP contribution >= 0.6 is 112 Å². The second kappa shape index (κ2) is 60.8. The zero-order valence-electron chi connectivity index (χ0n) is 80.6. The number of hydrogen-bond acceptors (Lipinski definition) is 21. The van der Waals surface area contributed by atoms with Gasteiger partial charge in [-0.05, 0) is 157 Å². The molecule has 10 fully saturated rings. The van der Waals surface area contributed by atoms with Crippen molar-refractivity contribution < 1.29 is 73.2 Å². The Morgan fingerprint density at radius 1 is 0.439 bits per heavy atom. The van der Waals surface area contributed by atoms with Crippen LogP contribution in [-0.4, -0.2) is 354 Å². The summed E-state index contributed by atoms with van der Waals surface area (Å²) >= 11 is 33.8. The maximum Gasteiger partial charge on any atom is 0.643 e. The average molecular weight is 2140 g/mol. The number of aliphatic carboxylic acids is 1. The number of likely N-dealkylation sites (N-methyl/N-ethyl adjacent to an activating group) is 4. The Bertz CT molecular complexity index is 4970. The standard InChI is InChI=1S/C24H29Cl2N3O2.C17H23Cl2N3O2.C17H22N2O3.C17H26N2O.C15H18N2O3.C8H6Cl2O2.CH3F.CH4O.CH4.Al.4ClH/c1-27(2)21-15-31-16-22-24(21)29(11-10-28(22)14-17-6-4-3-5-7-17)23(30)13-18-8-9-19(25)20(26)12-18;1-21(2)15-10-24-9-14-17(15)22(6-5-20-14)16(23)8-11-3-4-12(18)13(19)7-11;1-18(2)14-10-22-11-15-13(14)8-16(20)17(21)19(15)9-12-6-4-3-5-7-12;1-18(2)16-12-20-13-17-15(16)9-6-10-19(17)11-14-7-4-3-5-8-14;16-12-8-20-9-13-11(12)6-14(18)15(19)17(13)7-10-4-2-1-3-5-10;9-6-2-1-5(3-7(6)10)4-8(11)12;2*1-2;;;;;;/h3-9,12,21-22,24H,10-11,13-16H2,1-2H3;3-4,7,14-15,17,20H,5-6,8-10H2,1-2H3;3-7,13-15H,8-11H2,1-2H3;3-5,7-8,15-17H,6,9-13H2,1-2H3;1-5,11-13H,6-9,16H2;1-3H,4H2,(H,11,12);1H3;2H,1H3;1H4;;4*1H/q;;;;;;;;;+3;;;;/p-3/t21-,22+,24+;14-,15+,17+;13-,14+,15-;15-,16+,17-;11-,12+,13-;;;;;;;;;/m01111........./s1/i;;;;;;1D;;;;;;;. The summed E-state index contributed by atoms with van der Waals surface area (Å²) in [6.07, 6.45) is 3.87. The number of Topliss-reactive ketones (excluding diaryl/α,β-unsaturated/α-hetero) is 2. The number of nitrogens with two attached hydrogens (primary N) is 1. The number of hydrogen-bond donors (Lipinski definition) is 4. The van der Waals surface area contributed by atoms with Crippen molar-refractivity contribution in [1.82, 2.24) is 54.3 Å². The Labute approximate surface area is 874 Å². The lowest BCUT2D eigenvalue weighted by Gasteiger charge is -2.54. The number of alkyl halides is 1. The van der Waals surface area contributed by atoms with Crippen molar-refractivity contribution in [2.75, 3.05) is 169 Å². The molecule has 0 aliphatic carbocycles. The van der Waals surface area contributed by atoms with Gasteiger partial charge in [-0.2, -0.15) is 0 Å². The van der Waals surface area contributed by atoms with Crippen molar-refractivity contribution >= 4 is 165 Å². The maximum absolute atomic E-state index is 13.4. The number of carbonyl (C=O) groups is 7. The second-order valence-electron chi connectivity index (χ2n) is 36.0. The van der Waals surface area contributed by atoms with Gasteiger partial charge in [0.15, 0.2) is 0 Å². The number of nitrogens with zero attached hydrogens (tertiary/aromatic N) is 10. The van der Waals surface area contributed by atoms with Gasteiger partial charge < -0.3 is 84.1 Å². The van der Waals surface area contributed by atoms with Crippen LogP contribution in [0.4, 0.5) is 4.39 Å². The van der Waals surface area contributed by atoms with E-state index in [4.69, 9.17) is 141 Å². The van der Waals surface area contributed by atoms with Crippen molar-refractivity contribution in [2.45, 2.75) is 151 Å². The van der Waals surface area contributed by atoms with Crippen LogP contribution in [0, 0.1) is 17.8 Å². The van der Waals surface area contributed by atoms with E-state index in [0.29, 0.717) is 146 Å². The zero-order valence-corrected chi connectivity index (χ0v) is 88.4. The number of ketones is 2. The Balaban J connectivity index is 0.000000227. The molecule has 10 saturated heterocycles.